The van der Waals surface area contributed by atoms with Crippen LogP contribution in [0.15, 0.2) is 102 Å². The zero-order chi connectivity index (χ0) is 27.9. The van der Waals surface area contributed by atoms with E-state index >= 15 is 0 Å². The number of nitrogens with zero attached hydrogens (tertiary/aromatic N) is 1. The summed E-state index contributed by atoms with van der Waals surface area (Å²) in [5, 5.41) is 9.96. The maximum atomic E-state index is 13.3. The van der Waals surface area contributed by atoms with Crippen molar-refractivity contribution in [2.24, 2.45) is 0 Å². The Balaban J connectivity index is 1.63. The lowest BCUT2D eigenvalue weighted by Gasteiger charge is -2.37. The summed E-state index contributed by atoms with van der Waals surface area (Å²) in [5.74, 6) is -0.417. The third-order valence-corrected chi connectivity index (χ3v) is 7.13. The first-order valence-electron chi connectivity index (χ1n) is 12.8. The quantitative estimate of drug-likeness (QED) is 0.263. The summed E-state index contributed by atoms with van der Waals surface area (Å²) < 4.78 is 16.2. The Labute approximate surface area is 228 Å². The summed E-state index contributed by atoms with van der Waals surface area (Å²) in [6, 6.07) is 24.9. The van der Waals surface area contributed by atoms with Gasteiger partial charge in [-0.15, -0.1) is 0 Å². The summed E-state index contributed by atoms with van der Waals surface area (Å²) in [4.78, 5) is 27.5. The Morgan fingerprint density at radius 2 is 1.49 bits per heavy atom. The van der Waals surface area contributed by atoms with Gasteiger partial charge < -0.3 is 24.2 Å². The van der Waals surface area contributed by atoms with Crippen molar-refractivity contribution in [2.75, 3.05) is 20.8 Å². The highest BCUT2D eigenvalue weighted by Gasteiger charge is 2.32. The lowest BCUT2D eigenvalue weighted by molar-refractivity contribution is -0.133. The number of carboxylic acids is 1. The summed E-state index contributed by atoms with van der Waals surface area (Å²) in [6.45, 7) is 4.22. The highest BCUT2D eigenvalue weighted by Crippen LogP contribution is 2.34. The molecule has 7 heteroatoms. The molecule has 0 aliphatic carbocycles. The summed E-state index contributed by atoms with van der Waals surface area (Å²) in [5.41, 5.74) is 3.36. The van der Waals surface area contributed by atoms with Crippen LogP contribution in [0.4, 0.5) is 0 Å². The Hall–Kier alpha value is -4.52. The van der Waals surface area contributed by atoms with E-state index in [2.05, 4.69) is 24.3 Å². The number of carboxylic acid groups (broad SMARTS) is 1. The third-order valence-electron chi connectivity index (χ3n) is 7.13. The van der Waals surface area contributed by atoms with Crippen LogP contribution in [0.2, 0.25) is 0 Å². The van der Waals surface area contributed by atoms with Gasteiger partial charge in [-0.3, -0.25) is 0 Å². The minimum Gasteiger partial charge on any atom is -0.493 e. The fourth-order valence-corrected chi connectivity index (χ4v) is 5.01. The Bertz CT molecular complexity index is 1340. The second-order valence-electron chi connectivity index (χ2n) is 9.34. The standard InChI is InChI=1S/C32H33NO6/c1-21-27(31(34)35)20-28(32(36)39-25-15-16-29(37-3)30(19-25)38-4)22(2)33(21)18-17-26(23-11-7-5-8-12-23)24-13-9-6-10-14-24/h5-16,19-21,26H,17-18H2,1-4H3,(H,34,35). The van der Waals surface area contributed by atoms with E-state index in [0.717, 1.165) is 6.42 Å². The largest absolute Gasteiger partial charge is 0.493 e. The van der Waals surface area contributed by atoms with E-state index in [4.69, 9.17) is 14.2 Å². The molecule has 3 aromatic carbocycles. The number of benzene rings is 3. The number of ether oxygens (including phenoxy) is 3. The van der Waals surface area contributed by atoms with Gasteiger partial charge in [0.15, 0.2) is 11.5 Å². The highest BCUT2D eigenvalue weighted by atomic mass is 16.5. The van der Waals surface area contributed by atoms with E-state index in [-0.39, 0.29) is 22.8 Å². The molecule has 0 bridgehead atoms. The third kappa shape index (κ3) is 6.14. The van der Waals surface area contributed by atoms with Crippen LogP contribution < -0.4 is 14.2 Å². The molecule has 0 saturated carbocycles. The highest BCUT2D eigenvalue weighted by molar-refractivity contribution is 5.98. The number of allylic oxidation sites excluding steroid dienone is 1. The number of hydrogen-bond acceptors (Lipinski definition) is 6. The molecule has 3 aromatic rings. The van der Waals surface area contributed by atoms with Crippen LogP contribution in [0.25, 0.3) is 0 Å². The molecular weight excluding hydrogens is 494 g/mol. The van der Waals surface area contributed by atoms with Gasteiger partial charge in [0.1, 0.15) is 5.75 Å². The van der Waals surface area contributed by atoms with E-state index in [1.54, 1.807) is 18.2 Å². The van der Waals surface area contributed by atoms with E-state index in [1.165, 1.54) is 31.4 Å². The van der Waals surface area contributed by atoms with E-state index in [1.807, 2.05) is 55.1 Å². The van der Waals surface area contributed by atoms with Gasteiger partial charge in [-0.1, -0.05) is 60.7 Å². The average molecular weight is 528 g/mol. The molecule has 0 radical (unpaired) electrons. The summed E-state index contributed by atoms with van der Waals surface area (Å²) in [7, 11) is 3.02. The number of rotatable bonds is 10. The lowest BCUT2D eigenvalue weighted by Crippen LogP contribution is -2.40. The van der Waals surface area contributed by atoms with Crippen molar-refractivity contribution >= 4 is 11.9 Å². The Morgan fingerprint density at radius 3 is 2.03 bits per heavy atom. The Kier molecular flexibility index (Phi) is 8.71. The Morgan fingerprint density at radius 1 is 0.897 bits per heavy atom. The fourth-order valence-electron chi connectivity index (χ4n) is 5.01. The van der Waals surface area contributed by atoms with E-state index < -0.39 is 18.0 Å². The molecule has 202 valence electrons. The zero-order valence-corrected chi connectivity index (χ0v) is 22.6. The zero-order valence-electron chi connectivity index (χ0n) is 22.6. The molecule has 1 aliphatic heterocycles. The maximum absolute atomic E-state index is 13.3. The molecule has 7 nitrogen and oxygen atoms in total. The molecule has 1 heterocycles. The molecule has 1 aliphatic rings. The summed E-state index contributed by atoms with van der Waals surface area (Å²) in [6.07, 6.45) is 2.15. The van der Waals surface area contributed by atoms with Crippen molar-refractivity contribution in [2.45, 2.75) is 32.2 Å². The fraction of sp³-hybridized carbons (Fsp3) is 0.250. The minimum atomic E-state index is -1.07. The van der Waals surface area contributed by atoms with Crippen LogP contribution in [0.1, 0.15) is 37.3 Å². The van der Waals surface area contributed by atoms with Gasteiger partial charge >= 0.3 is 11.9 Å². The van der Waals surface area contributed by atoms with Gasteiger partial charge in [0.05, 0.1) is 31.4 Å². The first-order valence-corrected chi connectivity index (χ1v) is 12.8. The van der Waals surface area contributed by atoms with Crippen LogP contribution in [0.3, 0.4) is 0 Å². The second-order valence-corrected chi connectivity index (χ2v) is 9.34. The smallest absolute Gasteiger partial charge is 0.345 e. The average Bonchev–Trinajstić information content (AvgIpc) is 2.95. The monoisotopic (exact) mass is 527 g/mol. The predicted molar refractivity (Wildman–Crippen MR) is 149 cm³/mol. The van der Waals surface area contributed by atoms with Crippen LogP contribution in [-0.2, 0) is 9.59 Å². The number of carbonyl (C=O) groups is 2. The van der Waals surface area contributed by atoms with Crippen molar-refractivity contribution in [3.8, 4) is 17.2 Å². The van der Waals surface area contributed by atoms with Gasteiger partial charge in [0.25, 0.3) is 0 Å². The van der Waals surface area contributed by atoms with Crippen molar-refractivity contribution in [3.05, 3.63) is 113 Å². The SMILES string of the molecule is COc1ccc(OC(=O)C2=C(C)N(CCC(c3ccccc3)c3ccccc3)C(C)C(C(=O)O)=C2)cc1OC. The van der Waals surface area contributed by atoms with Crippen molar-refractivity contribution in [3.63, 3.8) is 0 Å². The van der Waals surface area contributed by atoms with Gasteiger partial charge in [-0.2, -0.15) is 0 Å². The number of carbonyl (C=O) groups excluding carboxylic acids is 1. The van der Waals surface area contributed by atoms with Gasteiger partial charge in [0.2, 0.25) is 0 Å². The molecule has 1 N–H and O–H groups in total. The first-order chi connectivity index (χ1) is 18.8. The van der Waals surface area contributed by atoms with Crippen LogP contribution >= 0.6 is 0 Å². The van der Waals surface area contributed by atoms with Crippen molar-refractivity contribution in [1.29, 1.82) is 0 Å². The normalized spacial score (nSPS) is 15.2. The molecule has 0 fully saturated rings. The van der Waals surface area contributed by atoms with Crippen molar-refractivity contribution < 1.29 is 28.9 Å². The number of esters is 1. The topological polar surface area (TPSA) is 85.3 Å². The van der Waals surface area contributed by atoms with Gasteiger partial charge in [-0.05, 0) is 49.6 Å². The number of hydrogen-bond donors (Lipinski definition) is 1. The van der Waals surface area contributed by atoms with E-state index in [9.17, 15) is 14.7 Å². The lowest BCUT2D eigenvalue weighted by atomic mass is 9.87. The molecule has 4 rings (SSSR count). The molecule has 1 unspecified atom stereocenters. The molecule has 0 saturated heterocycles. The number of aliphatic carboxylic acids is 1. The number of methoxy groups -OCH3 is 2. The molecule has 0 aromatic heterocycles. The predicted octanol–water partition coefficient (Wildman–Crippen LogP) is 5.82. The first kappa shape index (κ1) is 27.5. The molecular formula is C32H33NO6. The molecule has 1 atom stereocenters. The van der Waals surface area contributed by atoms with Crippen LogP contribution in [0.5, 0.6) is 17.2 Å². The van der Waals surface area contributed by atoms with E-state index in [0.29, 0.717) is 23.7 Å². The van der Waals surface area contributed by atoms with Gasteiger partial charge in [-0.25, -0.2) is 9.59 Å². The van der Waals surface area contributed by atoms with Crippen LogP contribution in [0, 0.1) is 0 Å². The van der Waals surface area contributed by atoms with Crippen LogP contribution in [-0.4, -0.2) is 48.8 Å². The maximum Gasteiger partial charge on any atom is 0.345 e. The van der Waals surface area contributed by atoms with Gasteiger partial charge in [0, 0.05) is 24.2 Å². The minimum absolute atomic E-state index is 0.105. The molecule has 39 heavy (non-hydrogen) atoms. The molecule has 0 spiro atoms. The second kappa shape index (κ2) is 12.3. The van der Waals surface area contributed by atoms with Crippen molar-refractivity contribution in [1.82, 2.24) is 4.90 Å². The summed E-state index contributed by atoms with van der Waals surface area (Å²) >= 11 is 0. The molecule has 0 amide bonds.